The Morgan fingerprint density at radius 2 is 2.38 bits per heavy atom. The quantitative estimate of drug-likeness (QED) is 0.565. The van der Waals surface area contributed by atoms with Gasteiger partial charge in [-0.25, -0.2) is 4.99 Å². The van der Waals surface area contributed by atoms with E-state index in [0.717, 1.165) is 0 Å². The van der Waals surface area contributed by atoms with Crippen LogP contribution in [0.2, 0.25) is 0 Å². The molecule has 1 aliphatic heterocycles. The van der Waals surface area contributed by atoms with Gasteiger partial charge in [-0.15, -0.1) is 0 Å². The molecule has 1 aliphatic carbocycles. The molecule has 0 saturated heterocycles. The highest BCUT2D eigenvalue weighted by molar-refractivity contribution is 5.92. The van der Waals surface area contributed by atoms with Crippen LogP contribution in [0.1, 0.15) is 19.8 Å². The number of amidine groups is 1. The fraction of sp³-hybridized carbons (Fsp3) is 0.667. The van der Waals surface area contributed by atoms with E-state index in [2.05, 4.69) is 17.2 Å². The van der Waals surface area contributed by atoms with Crippen molar-refractivity contribution >= 4 is 5.84 Å². The molecule has 4 nitrogen and oxygen atoms in total. The van der Waals surface area contributed by atoms with Gasteiger partial charge in [0.15, 0.2) is 5.79 Å². The Morgan fingerprint density at radius 3 is 2.92 bits per heavy atom. The number of nitrogens with one attached hydrogen (secondary N) is 1. The van der Waals surface area contributed by atoms with E-state index in [-0.39, 0.29) is 0 Å². The van der Waals surface area contributed by atoms with Crippen LogP contribution < -0.4 is 16.8 Å². The van der Waals surface area contributed by atoms with Crippen LogP contribution in [0, 0.1) is 11.8 Å². The minimum absolute atomic E-state index is 0.344. The van der Waals surface area contributed by atoms with Crippen LogP contribution in [-0.2, 0) is 0 Å². The molecular formula is C9H16N4. The lowest BCUT2D eigenvalue weighted by atomic mass is 9.97. The van der Waals surface area contributed by atoms with Crippen molar-refractivity contribution in [2.45, 2.75) is 25.6 Å². The third-order valence-electron chi connectivity index (χ3n) is 2.91. The van der Waals surface area contributed by atoms with Crippen molar-refractivity contribution in [3.63, 3.8) is 0 Å². The summed E-state index contributed by atoms with van der Waals surface area (Å²) in [6, 6.07) is 0. The normalized spacial score (nSPS) is 35.1. The van der Waals surface area contributed by atoms with Crippen molar-refractivity contribution in [1.82, 2.24) is 5.32 Å². The molecule has 2 rings (SSSR count). The van der Waals surface area contributed by atoms with Gasteiger partial charge in [-0.1, -0.05) is 6.92 Å². The van der Waals surface area contributed by atoms with E-state index in [1.807, 2.05) is 0 Å². The van der Waals surface area contributed by atoms with E-state index >= 15 is 0 Å². The van der Waals surface area contributed by atoms with Gasteiger partial charge in [-0.2, -0.15) is 0 Å². The molecule has 0 radical (unpaired) electrons. The summed E-state index contributed by atoms with van der Waals surface area (Å²) in [5.74, 6) is 0.880. The fourth-order valence-electron chi connectivity index (χ4n) is 1.73. The van der Waals surface area contributed by atoms with Crippen LogP contribution in [0.25, 0.3) is 0 Å². The Balaban J connectivity index is 2.15. The van der Waals surface area contributed by atoms with Gasteiger partial charge in [0, 0.05) is 12.1 Å². The lowest BCUT2D eigenvalue weighted by molar-refractivity contribution is 0.238. The first-order valence-corrected chi connectivity index (χ1v) is 4.70. The summed E-state index contributed by atoms with van der Waals surface area (Å²) in [4.78, 5) is 4.25. The molecule has 2 atom stereocenters. The average Bonchev–Trinajstić information content (AvgIpc) is 2.84. The first kappa shape index (κ1) is 8.56. The molecular weight excluding hydrogens is 164 g/mol. The summed E-state index contributed by atoms with van der Waals surface area (Å²) in [5, 5.41) is 3.08. The van der Waals surface area contributed by atoms with Gasteiger partial charge in [0.05, 0.1) is 0 Å². The molecule has 2 aliphatic rings. The van der Waals surface area contributed by atoms with Crippen molar-refractivity contribution < 1.29 is 0 Å². The summed E-state index contributed by atoms with van der Waals surface area (Å²) in [5.41, 5.74) is 11.7. The second-order valence-corrected chi connectivity index (χ2v) is 3.97. The van der Waals surface area contributed by atoms with Gasteiger partial charge < -0.3 is 11.1 Å². The highest BCUT2D eigenvalue weighted by atomic mass is 15.3. The number of nitrogens with zero attached hydrogens (tertiary/aromatic N) is 1. The van der Waals surface area contributed by atoms with Crippen LogP contribution in [0.3, 0.4) is 0 Å². The fourth-order valence-corrected chi connectivity index (χ4v) is 1.73. The number of rotatable bonds is 2. The maximum absolute atomic E-state index is 6.10. The van der Waals surface area contributed by atoms with E-state index < -0.39 is 5.79 Å². The van der Waals surface area contributed by atoms with Gasteiger partial charge in [0.1, 0.15) is 5.84 Å². The maximum Gasteiger partial charge on any atom is 0.186 e. The van der Waals surface area contributed by atoms with Gasteiger partial charge in [0.25, 0.3) is 0 Å². The molecule has 5 N–H and O–H groups in total. The van der Waals surface area contributed by atoms with E-state index in [1.165, 1.54) is 12.8 Å². The molecule has 0 aromatic heterocycles. The van der Waals surface area contributed by atoms with Crippen molar-refractivity contribution in [2.24, 2.45) is 28.3 Å². The van der Waals surface area contributed by atoms with Crippen molar-refractivity contribution in [3.8, 4) is 0 Å². The number of aliphatic imine (C=N–C) groups is 1. The number of hydrogen-bond donors (Lipinski definition) is 3. The molecule has 4 heteroatoms. The average molecular weight is 180 g/mol. The predicted octanol–water partition coefficient (Wildman–Crippen LogP) is 0.119. The topological polar surface area (TPSA) is 76.4 Å². The van der Waals surface area contributed by atoms with Crippen LogP contribution in [0.15, 0.2) is 17.3 Å². The molecule has 0 spiro atoms. The summed E-state index contributed by atoms with van der Waals surface area (Å²) in [6.45, 7) is 2.13. The molecule has 1 heterocycles. The Labute approximate surface area is 78.1 Å². The Hall–Kier alpha value is -1.03. The summed E-state index contributed by atoms with van der Waals surface area (Å²) < 4.78 is 0. The van der Waals surface area contributed by atoms with Gasteiger partial charge >= 0.3 is 0 Å². The van der Waals surface area contributed by atoms with Crippen LogP contribution in [-0.4, -0.2) is 11.6 Å². The Bertz CT molecular complexity index is 267. The summed E-state index contributed by atoms with van der Waals surface area (Å²) >= 11 is 0. The highest BCUT2D eigenvalue weighted by Crippen LogP contribution is 2.40. The first-order valence-electron chi connectivity index (χ1n) is 4.70. The van der Waals surface area contributed by atoms with Gasteiger partial charge in [0.2, 0.25) is 0 Å². The Morgan fingerprint density at radius 1 is 1.69 bits per heavy atom. The maximum atomic E-state index is 6.10. The lowest BCUT2D eigenvalue weighted by Crippen LogP contribution is -2.57. The van der Waals surface area contributed by atoms with Crippen LogP contribution in [0.5, 0.6) is 0 Å². The lowest BCUT2D eigenvalue weighted by Gasteiger charge is -2.34. The second kappa shape index (κ2) is 2.73. The van der Waals surface area contributed by atoms with Crippen LogP contribution in [0.4, 0.5) is 0 Å². The molecule has 0 aromatic rings. The van der Waals surface area contributed by atoms with Crippen molar-refractivity contribution in [2.75, 3.05) is 0 Å². The SMILES string of the molecule is CC(C1CC1)C1(N)N=C(N)C=CN1. The zero-order valence-electron chi connectivity index (χ0n) is 7.83. The molecule has 0 aromatic carbocycles. The zero-order chi connectivity index (χ0) is 9.47. The molecule has 13 heavy (non-hydrogen) atoms. The minimum atomic E-state index is -0.681. The molecule has 2 unspecified atom stereocenters. The zero-order valence-corrected chi connectivity index (χ0v) is 7.83. The van der Waals surface area contributed by atoms with Crippen LogP contribution >= 0.6 is 0 Å². The smallest absolute Gasteiger partial charge is 0.186 e. The first-order chi connectivity index (χ1) is 6.12. The largest absolute Gasteiger partial charge is 0.384 e. The van der Waals surface area contributed by atoms with E-state index in [0.29, 0.717) is 17.7 Å². The van der Waals surface area contributed by atoms with E-state index in [1.54, 1.807) is 12.3 Å². The number of nitrogens with two attached hydrogens (primary N) is 2. The van der Waals surface area contributed by atoms with Crippen molar-refractivity contribution in [1.29, 1.82) is 0 Å². The third kappa shape index (κ3) is 1.54. The molecule has 1 fully saturated rings. The van der Waals surface area contributed by atoms with Gasteiger partial charge in [-0.3, -0.25) is 5.73 Å². The summed E-state index contributed by atoms with van der Waals surface area (Å²) in [6.07, 6.45) is 6.04. The third-order valence-corrected chi connectivity index (χ3v) is 2.91. The Kier molecular flexibility index (Phi) is 1.80. The molecule has 0 bridgehead atoms. The monoisotopic (exact) mass is 180 g/mol. The van der Waals surface area contributed by atoms with E-state index in [4.69, 9.17) is 11.5 Å². The predicted molar refractivity (Wildman–Crippen MR) is 52.7 cm³/mol. The van der Waals surface area contributed by atoms with Crippen molar-refractivity contribution in [3.05, 3.63) is 12.3 Å². The summed E-state index contributed by atoms with van der Waals surface area (Å²) in [7, 11) is 0. The molecule has 72 valence electrons. The number of hydrogen-bond acceptors (Lipinski definition) is 4. The molecule has 0 amide bonds. The van der Waals surface area contributed by atoms with E-state index in [9.17, 15) is 0 Å². The van der Waals surface area contributed by atoms with Gasteiger partial charge in [-0.05, 0) is 24.8 Å². The molecule has 1 saturated carbocycles. The second-order valence-electron chi connectivity index (χ2n) is 3.97. The highest BCUT2D eigenvalue weighted by Gasteiger charge is 2.41. The standard InChI is InChI=1S/C9H16N4/c1-6(7-2-3-7)9(11)12-5-4-8(10)13-9/h4-7,12H,2-3,11H2,1H3,(H2,10,13). The minimum Gasteiger partial charge on any atom is -0.384 e.